The molecule has 0 spiro atoms. The number of carbonyl (C=O) groups is 1. The number of anilines is 1. The van der Waals surface area contributed by atoms with E-state index in [2.05, 4.69) is 58.5 Å². The van der Waals surface area contributed by atoms with Crippen LogP contribution in [0.3, 0.4) is 0 Å². The first-order chi connectivity index (χ1) is 18.0. The first kappa shape index (κ1) is 24.5. The van der Waals surface area contributed by atoms with E-state index in [1.807, 2.05) is 6.07 Å². The van der Waals surface area contributed by atoms with Crippen molar-refractivity contribution < 1.29 is 9.90 Å². The summed E-state index contributed by atoms with van der Waals surface area (Å²) in [6, 6.07) is 14.8. The second-order valence-corrected chi connectivity index (χ2v) is 12.0. The number of likely N-dealkylation sites (tertiary alicyclic amines) is 1. The average molecular weight is 500 g/mol. The third-order valence-corrected chi connectivity index (χ3v) is 9.09. The number of benzene rings is 2. The Morgan fingerprint density at radius 1 is 0.946 bits per heavy atom. The van der Waals surface area contributed by atoms with Gasteiger partial charge < -0.3 is 19.5 Å². The van der Waals surface area contributed by atoms with Gasteiger partial charge >= 0.3 is 5.97 Å². The maximum absolute atomic E-state index is 11.9. The van der Waals surface area contributed by atoms with Crippen molar-refractivity contribution in [3.8, 4) is 11.3 Å². The molecule has 0 bridgehead atoms. The number of rotatable bonds is 5. The Morgan fingerprint density at radius 2 is 1.70 bits per heavy atom. The Labute approximate surface area is 221 Å². The average Bonchev–Trinajstić information content (AvgIpc) is 3.12. The molecule has 5 nitrogen and oxygen atoms in total. The van der Waals surface area contributed by atoms with Gasteiger partial charge in [-0.1, -0.05) is 57.4 Å². The number of fused-ring (bicyclic) bond motifs is 5. The molecule has 2 aromatic carbocycles. The monoisotopic (exact) mass is 499 g/mol. The van der Waals surface area contributed by atoms with E-state index in [-0.39, 0.29) is 0 Å². The van der Waals surface area contributed by atoms with Crippen molar-refractivity contribution in [1.29, 1.82) is 0 Å². The molecular weight excluding hydrogens is 458 g/mol. The van der Waals surface area contributed by atoms with Gasteiger partial charge in [0.2, 0.25) is 0 Å². The molecule has 5 heteroatoms. The number of para-hydroxylation sites is 1. The van der Waals surface area contributed by atoms with Gasteiger partial charge in [0.1, 0.15) is 0 Å². The third kappa shape index (κ3) is 4.67. The molecule has 2 atom stereocenters. The third-order valence-electron chi connectivity index (χ3n) is 9.09. The molecule has 1 saturated carbocycles. The first-order valence-electron chi connectivity index (χ1n) is 14.5. The van der Waals surface area contributed by atoms with Crippen LogP contribution < -0.4 is 4.90 Å². The molecule has 2 fully saturated rings. The van der Waals surface area contributed by atoms with Crippen molar-refractivity contribution in [1.82, 2.24) is 9.47 Å². The molecule has 0 amide bonds. The maximum atomic E-state index is 11.9. The number of carboxylic acids is 1. The summed E-state index contributed by atoms with van der Waals surface area (Å²) in [7, 11) is 0. The van der Waals surface area contributed by atoms with E-state index in [1.165, 1.54) is 79.5 Å². The molecule has 6 rings (SSSR count). The van der Waals surface area contributed by atoms with Crippen LogP contribution in [0, 0.1) is 11.8 Å². The lowest BCUT2D eigenvalue weighted by Crippen LogP contribution is -2.43. The minimum Gasteiger partial charge on any atom is -0.478 e. The van der Waals surface area contributed by atoms with Gasteiger partial charge in [-0.3, -0.25) is 0 Å². The van der Waals surface area contributed by atoms with E-state index in [1.54, 1.807) is 6.07 Å². The lowest BCUT2D eigenvalue weighted by Gasteiger charge is -2.36. The molecule has 3 aliphatic rings. The fourth-order valence-corrected chi connectivity index (χ4v) is 7.60. The molecular formula is C32H41N3O2. The van der Waals surface area contributed by atoms with Crippen LogP contribution in [0.2, 0.25) is 0 Å². The first-order valence-corrected chi connectivity index (χ1v) is 14.5. The van der Waals surface area contributed by atoms with Crippen molar-refractivity contribution in [2.75, 3.05) is 37.6 Å². The van der Waals surface area contributed by atoms with Crippen molar-refractivity contribution in [3.05, 3.63) is 53.6 Å². The zero-order valence-corrected chi connectivity index (χ0v) is 22.5. The van der Waals surface area contributed by atoms with E-state index < -0.39 is 5.97 Å². The molecule has 1 aliphatic carbocycles. The predicted molar refractivity (Wildman–Crippen MR) is 152 cm³/mol. The van der Waals surface area contributed by atoms with Gasteiger partial charge in [-0.15, -0.1) is 0 Å². The number of piperidine rings is 1. The Hall–Kier alpha value is -2.79. The molecule has 2 unspecified atom stereocenters. The summed E-state index contributed by atoms with van der Waals surface area (Å²) in [5, 5.41) is 11.0. The summed E-state index contributed by atoms with van der Waals surface area (Å²) in [6.07, 6.45) is 7.68. The molecule has 1 saturated heterocycles. The minimum absolute atomic E-state index is 0.380. The Bertz CT molecular complexity index is 1280. The Balaban J connectivity index is 1.42. The van der Waals surface area contributed by atoms with Crippen LogP contribution in [0.25, 0.3) is 22.2 Å². The van der Waals surface area contributed by atoms with Crippen LogP contribution >= 0.6 is 0 Å². The largest absolute Gasteiger partial charge is 0.478 e. The van der Waals surface area contributed by atoms with Crippen LogP contribution in [0.5, 0.6) is 0 Å². The molecule has 2 aliphatic heterocycles. The highest BCUT2D eigenvalue weighted by atomic mass is 16.4. The topological polar surface area (TPSA) is 48.7 Å². The quantitative estimate of drug-likeness (QED) is 0.417. The predicted octanol–water partition coefficient (Wildman–Crippen LogP) is 6.85. The second-order valence-electron chi connectivity index (χ2n) is 12.0. The van der Waals surface area contributed by atoms with E-state index >= 15 is 0 Å². The smallest absolute Gasteiger partial charge is 0.335 e. The fourth-order valence-electron chi connectivity index (χ4n) is 7.60. The summed E-state index contributed by atoms with van der Waals surface area (Å²) in [4.78, 5) is 17.1. The van der Waals surface area contributed by atoms with Gasteiger partial charge in [0.05, 0.1) is 11.3 Å². The van der Waals surface area contributed by atoms with Crippen LogP contribution in [0.1, 0.15) is 74.2 Å². The number of aromatic nitrogens is 1. The minimum atomic E-state index is -0.850. The highest BCUT2D eigenvalue weighted by molar-refractivity contribution is 5.99. The molecule has 37 heavy (non-hydrogen) atoms. The maximum Gasteiger partial charge on any atom is 0.335 e. The van der Waals surface area contributed by atoms with E-state index in [9.17, 15) is 9.90 Å². The second kappa shape index (κ2) is 10.2. The molecule has 1 N–H and O–H groups in total. The van der Waals surface area contributed by atoms with Gasteiger partial charge in [0, 0.05) is 61.4 Å². The number of hydrogen-bond acceptors (Lipinski definition) is 3. The zero-order valence-electron chi connectivity index (χ0n) is 22.5. The summed E-state index contributed by atoms with van der Waals surface area (Å²) >= 11 is 0. The van der Waals surface area contributed by atoms with Crippen LogP contribution in [0.15, 0.2) is 42.5 Å². The van der Waals surface area contributed by atoms with Crippen molar-refractivity contribution in [2.24, 2.45) is 11.8 Å². The number of carboxylic acid groups (broad SMARTS) is 1. The van der Waals surface area contributed by atoms with Gasteiger partial charge in [0.15, 0.2) is 0 Å². The summed E-state index contributed by atoms with van der Waals surface area (Å²) in [5.74, 6) is 1.24. The van der Waals surface area contributed by atoms with Crippen molar-refractivity contribution in [3.63, 3.8) is 0 Å². The summed E-state index contributed by atoms with van der Waals surface area (Å²) in [6.45, 7) is 11.1. The fraction of sp³-hybridized carbons (Fsp3) is 0.531. The normalized spacial score (nSPS) is 23.0. The molecule has 196 valence electrons. The highest BCUT2D eigenvalue weighted by Crippen LogP contribution is 2.47. The van der Waals surface area contributed by atoms with Gasteiger partial charge in [-0.05, 0) is 60.8 Å². The number of nitrogens with zero attached hydrogens (tertiary/aromatic N) is 3. The summed E-state index contributed by atoms with van der Waals surface area (Å²) in [5.41, 5.74) is 6.91. The molecule has 3 aromatic rings. The van der Waals surface area contributed by atoms with Crippen LogP contribution in [-0.4, -0.2) is 53.3 Å². The van der Waals surface area contributed by atoms with Gasteiger partial charge in [-0.2, -0.15) is 0 Å². The Kier molecular flexibility index (Phi) is 6.74. The molecule has 1 aromatic heterocycles. The highest BCUT2D eigenvalue weighted by Gasteiger charge is 2.31. The van der Waals surface area contributed by atoms with Gasteiger partial charge in [0.25, 0.3) is 0 Å². The lowest BCUT2D eigenvalue weighted by atomic mass is 9.81. The van der Waals surface area contributed by atoms with Crippen LogP contribution in [0.4, 0.5) is 5.69 Å². The number of aromatic carboxylic acids is 1. The molecule has 0 radical (unpaired) electrons. The SMILES string of the molecule is CC1CC(C)CN(CCN2CCn3c(c(C4CCCCC4)c4ccc(C(=O)O)cc43)-c3ccccc32)C1. The van der Waals surface area contributed by atoms with Crippen molar-refractivity contribution >= 4 is 22.6 Å². The van der Waals surface area contributed by atoms with E-state index in [4.69, 9.17) is 0 Å². The standard InChI is InChI=1S/C32H41N3O2/c1-22-18-23(2)21-33(20-22)14-15-34-16-17-35-29-19-25(32(36)37)12-13-26(29)30(24-8-4-3-5-9-24)31(35)27-10-6-7-11-28(27)34/h6-7,10-13,19,22-24H,3-5,8-9,14-18,20-21H2,1-2H3,(H,36,37). The van der Waals surface area contributed by atoms with Crippen LogP contribution in [-0.2, 0) is 6.54 Å². The van der Waals surface area contributed by atoms with E-state index in [0.29, 0.717) is 11.5 Å². The van der Waals surface area contributed by atoms with Crippen molar-refractivity contribution in [2.45, 2.75) is 64.8 Å². The number of hydrogen-bond donors (Lipinski definition) is 1. The van der Waals surface area contributed by atoms with E-state index in [0.717, 1.165) is 43.5 Å². The Morgan fingerprint density at radius 3 is 2.46 bits per heavy atom. The summed E-state index contributed by atoms with van der Waals surface area (Å²) < 4.78 is 2.45. The van der Waals surface area contributed by atoms with Gasteiger partial charge in [-0.25, -0.2) is 4.79 Å². The zero-order chi connectivity index (χ0) is 25.5. The lowest BCUT2D eigenvalue weighted by molar-refractivity contribution is 0.0697. The molecule has 3 heterocycles.